The molecule has 0 fully saturated rings. The molecule has 0 aliphatic carbocycles. The first-order chi connectivity index (χ1) is 14.6. The Bertz CT molecular complexity index is 1410. The number of pyridine rings is 1. The maximum absolute atomic E-state index is 13.4. The van der Waals surface area contributed by atoms with Gasteiger partial charge in [0.25, 0.3) is 10.0 Å². The highest BCUT2D eigenvalue weighted by Gasteiger charge is 2.34. The molecule has 0 aliphatic rings. The van der Waals surface area contributed by atoms with Gasteiger partial charge in [0.2, 0.25) is 5.78 Å². The van der Waals surface area contributed by atoms with Gasteiger partial charge in [-0.25, -0.2) is 12.4 Å². The molecule has 0 N–H and O–H groups in total. The third kappa shape index (κ3) is 3.82. The minimum absolute atomic E-state index is 0.127. The average Bonchev–Trinajstić information content (AvgIpc) is 3.13. The van der Waals surface area contributed by atoms with Crippen LogP contribution in [-0.2, 0) is 16.2 Å². The van der Waals surface area contributed by atoms with Crippen LogP contribution in [0.4, 0.5) is 13.2 Å². The van der Waals surface area contributed by atoms with E-state index < -0.39 is 27.7 Å². The Morgan fingerprint density at radius 3 is 2.32 bits per heavy atom. The van der Waals surface area contributed by atoms with Crippen LogP contribution in [0.15, 0.2) is 77.8 Å². The van der Waals surface area contributed by atoms with E-state index in [9.17, 15) is 26.4 Å². The third-order valence-corrected chi connectivity index (χ3v) is 6.56. The molecule has 5 nitrogen and oxygen atoms in total. The van der Waals surface area contributed by atoms with Crippen LogP contribution in [0.25, 0.3) is 10.9 Å². The summed E-state index contributed by atoms with van der Waals surface area (Å²) in [5, 5.41) is 0.762. The summed E-state index contributed by atoms with van der Waals surface area (Å²) in [4.78, 5) is 16.3. The smallest absolute Gasteiger partial charge is 0.287 e. The molecule has 0 saturated heterocycles. The van der Waals surface area contributed by atoms with Crippen molar-refractivity contribution in [1.29, 1.82) is 0 Å². The molecule has 2 aromatic heterocycles. The molecule has 4 rings (SSSR count). The Morgan fingerprint density at radius 2 is 1.65 bits per heavy atom. The van der Waals surface area contributed by atoms with Gasteiger partial charge in [-0.15, -0.1) is 0 Å². The summed E-state index contributed by atoms with van der Waals surface area (Å²) in [6.45, 7) is 0. The number of nitrogens with zero attached hydrogens (tertiary/aromatic N) is 2. The van der Waals surface area contributed by atoms with E-state index in [1.807, 2.05) is 0 Å². The number of carbonyl (C=O) groups is 1. The molecule has 0 radical (unpaired) electrons. The Labute approximate surface area is 179 Å². The number of alkyl halides is 3. The molecule has 10 heteroatoms. The van der Waals surface area contributed by atoms with Crippen LogP contribution in [0.5, 0.6) is 0 Å². The van der Waals surface area contributed by atoms with E-state index >= 15 is 0 Å². The summed E-state index contributed by atoms with van der Waals surface area (Å²) in [6.07, 6.45) is -3.89. The van der Waals surface area contributed by atoms with Crippen molar-refractivity contribution < 1.29 is 26.4 Å². The molecular formula is C21H12ClF3N2O3S. The summed E-state index contributed by atoms with van der Waals surface area (Å²) < 4.78 is 66.7. The molecule has 0 saturated carbocycles. The lowest BCUT2D eigenvalue weighted by Crippen LogP contribution is -2.19. The normalized spacial score (nSPS) is 12.3. The number of fused-ring (bicyclic) bond motifs is 1. The Morgan fingerprint density at radius 1 is 0.968 bits per heavy atom. The summed E-state index contributed by atoms with van der Waals surface area (Å²) in [7, 11) is -4.26. The molecular weight excluding hydrogens is 453 g/mol. The van der Waals surface area contributed by atoms with Crippen LogP contribution in [0.1, 0.15) is 21.7 Å². The van der Waals surface area contributed by atoms with Crippen LogP contribution in [0, 0.1) is 0 Å². The van der Waals surface area contributed by atoms with Gasteiger partial charge in [-0.05, 0) is 48.5 Å². The number of para-hydroxylation sites is 1. The van der Waals surface area contributed by atoms with Gasteiger partial charge in [0.1, 0.15) is 11.4 Å². The SMILES string of the molecule is O=C(c1ccnc(C(F)(F)F)c1)c1cc2ccccc2n1S(=O)(=O)c1ccc(Cl)cc1. The highest BCUT2D eigenvalue weighted by Crippen LogP contribution is 2.30. The van der Waals surface area contributed by atoms with Gasteiger partial charge in [0.15, 0.2) is 0 Å². The van der Waals surface area contributed by atoms with E-state index in [0.29, 0.717) is 16.5 Å². The molecule has 158 valence electrons. The van der Waals surface area contributed by atoms with Crippen LogP contribution in [-0.4, -0.2) is 23.2 Å². The van der Waals surface area contributed by atoms with Crippen LogP contribution < -0.4 is 0 Å². The second-order valence-electron chi connectivity index (χ2n) is 6.57. The minimum atomic E-state index is -4.75. The number of aromatic nitrogens is 2. The lowest BCUT2D eigenvalue weighted by molar-refractivity contribution is -0.141. The number of rotatable bonds is 4. The summed E-state index contributed by atoms with van der Waals surface area (Å²) in [5.41, 5.74) is -1.67. The van der Waals surface area contributed by atoms with E-state index in [2.05, 4.69) is 4.98 Å². The van der Waals surface area contributed by atoms with Gasteiger partial charge in [-0.2, -0.15) is 13.2 Å². The fourth-order valence-corrected chi connectivity index (χ4v) is 4.77. The van der Waals surface area contributed by atoms with Gasteiger partial charge in [-0.3, -0.25) is 9.78 Å². The quantitative estimate of drug-likeness (QED) is 0.390. The first kappa shape index (κ1) is 21.1. The maximum Gasteiger partial charge on any atom is 0.433 e. The van der Waals surface area contributed by atoms with Crippen molar-refractivity contribution in [3.63, 3.8) is 0 Å². The molecule has 2 aromatic carbocycles. The monoisotopic (exact) mass is 464 g/mol. The second kappa shape index (κ2) is 7.51. The Hall–Kier alpha value is -3.17. The fraction of sp³-hybridized carbons (Fsp3) is 0.0476. The van der Waals surface area contributed by atoms with Crippen molar-refractivity contribution in [3.05, 3.63) is 94.9 Å². The molecule has 0 atom stereocenters. The van der Waals surface area contributed by atoms with Crippen molar-refractivity contribution in [2.75, 3.05) is 0 Å². The first-order valence-corrected chi connectivity index (χ1v) is 10.6. The number of halogens is 4. The number of hydrogen-bond acceptors (Lipinski definition) is 4. The number of benzene rings is 2. The van der Waals surface area contributed by atoms with Crippen molar-refractivity contribution in [3.8, 4) is 0 Å². The van der Waals surface area contributed by atoms with Crippen LogP contribution in [0.2, 0.25) is 5.02 Å². The highest BCUT2D eigenvalue weighted by molar-refractivity contribution is 7.90. The van der Waals surface area contributed by atoms with Gasteiger partial charge < -0.3 is 0 Å². The minimum Gasteiger partial charge on any atom is -0.287 e. The molecule has 0 spiro atoms. The van der Waals surface area contributed by atoms with Crippen molar-refractivity contribution in [2.24, 2.45) is 0 Å². The van der Waals surface area contributed by atoms with Crippen molar-refractivity contribution >= 4 is 38.3 Å². The largest absolute Gasteiger partial charge is 0.433 e. The lowest BCUT2D eigenvalue weighted by atomic mass is 10.1. The van der Waals surface area contributed by atoms with Gasteiger partial charge in [0.05, 0.1) is 10.4 Å². The molecule has 0 amide bonds. The first-order valence-electron chi connectivity index (χ1n) is 8.78. The summed E-state index contributed by atoms with van der Waals surface area (Å²) in [5.74, 6) is -0.887. The van der Waals surface area contributed by atoms with Crippen molar-refractivity contribution in [2.45, 2.75) is 11.1 Å². The molecule has 0 aliphatic heterocycles. The van der Waals surface area contributed by atoms with E-state index in [-0.39, 0.29) is 21.7 Å². The highest BCUT2D eigenvalue weighted by atomic mass is 35.5. The molecule has 0 unspecified atom stereocenters. The standard InChI is InChI=1S/C21H12ClF3N2O3S/c22-15-5-7-16(8-6-15)31(29,30)27-17-4-2-1-3-13(17)11-18(27)20(28)14-9-10-26-19(12-14)21(23,24)25/h1-12H. The number of hydrogen-bond donors (Lipinski definition) is 0. The van der Waals surface area contributed by atoms with E-state index in [4.69, 9.17) is 11.6 Å². The summed E-state index contributed by atoms with van der Waals surface area (Å²) >= 11 is 5.84. The van der Waals surface area contributed by atoms with Crippen LogP contribution in [0.3, 0.4) is 0 Å². The number of ketones is 1. The average molecular weight is 465 g/mol. The number of carbonyl (C=O) groups excluding carboxylic acids is 1. The van der Waals surface area contributed by atoms with Gasteiger partial charge in [-0.1, -0.05) is 29.8 Å². The van der Waals surface area contributed by atoms with Gasteiger partial charge >= 0.3 is 6.18 Å². The van der Waals surface area contributed by atoms with E-state index in [1.54, 1.807) is 18.2 Å². The molecule has 31 heavy (non-hydrogen) atoms. The fourth-order valence-electron chi connectivity index (χ4n) is 3.13. The van der Waals surface area contributed by atoms with E-state index in [1.165, 1.54) is 36.4 Å². The maximum atomic E-state index is 13.4. The third-order valence-electron chi connectivity index (χ3n) is 4.56. The van der Waals surface area contributed by atoms with Crippen molar-refractivity contribution in [1.82, 2.24) is 8.96 Å². The zero-order chi connectivity index (χ0) is 22.4. The zero-order valence-electron chi connectivity index (χ0n) is 15.5. The molecule has 4 aromatic rings. The van der Waals surface area contributed by atoms with Gasteiger partial charge in [0, 0.05) is 22.2 Å². The zero-order valence-corrected chi connectivity index (χ0v) is 17.0. The Kier molecular flexibility index (Phi) is 5.10. The second-order valence-corrected chi connectivity index (χ2v) is 8.79. The Balaban J connectivity index is 1.94. The van der Waals surface area contributed by atoms with E-state index in [0.717, 1.165) is 16.2 Å². The topological polar surface area (TPSA) is 69.0 Å². The predicted octanol–water partition coefficient (Wildman–Crippen LogP) is 5.18. The summed E-state index contributed by atoms with van der Waals surface area (Å²) in [6, 6.07) is 14.8. The molecule has 2 heterocycles. The lowest BCUT2D eigenvalue weighted by Gasteiger charge is -2.12. The molecule has 0 bridgehead atoms. The predicted molar refractivity (Wildman–Crippen MR) is 109 cm³/mol. The van der Waals surface area contributed by atoms with Crippen LogP contribution >= 0.6 is 11.6 Å².